The number of nitrogens with one attached hydrogen (secondary N) is 1. The highest BCUT2D eigenvalue weighted by Crippen LogP contribution is 2.18. The second-order valence-corrected chi connectivity index (χ2v) is 4.10. The zero-order chi connectivity index (χ0) is 12.6. The number of aromatic amines is 1. The van der Waals surface area contributed by atoms with Crippen LogP contribution < -0.4 is 0 Å². The van der Waals surface area contributed by atoms with Crippen molar-refractivity contribution in [3.05, 3.63) is 10.5 Å². The highest BCUT2D eigenvalue weighted by atomic mass is 32.1. The predicted molar refractivity (Wildman–Crippen MR) is 65.3 cm³/mol. The van der Waals surface area contributed by atoms with Crippen LogP contribution in [-0.4, -0.2) is 32.4 Å². The molecule has 6 nitrogen and oxygen atoms in total. The van der Waals surface area contributed by atoms with E-state index >= 15 is 0 Å². The minimum Gasteiger partial charge on any atom is -0.468 e. The number of carbonyl (C=O) groups is 1. The minimum absolute atomic E-state index is 0.0953. The summed E-state index contributed by atoms with van der Waals surface area (Å²) in [4.78, 5) is 14.4. The van der Waals surface area contributed by atoms with Crippen molar-refractivity contribution in [3.63, 3.8) is 0 Å². The van der Waals surface area contributed by atoms with Gasteiger partial charge in [-0.25, -0.2) is 0 Å². The van der Waals surface area contributed by atoms with Crippen molar-refractivity contribution >= 4 is 29.4 Å². The Hall–Kier alpha value is -1.63. The van der Waals surface area contributed by atoms with Gasteiger partial charge in [0.2, 0.25) is 0 Å². The summed E-state index contributed by atoms with van der Waals surface area (Å²) in [5.41, 5.74) is 2.65. The number of methoxy groups -OCH3 is 1. The summed E-state index contributed by atoms with van der Waals surface area (Å²) in [5, 5.41) is 4.37. The molecule has 0 amide bonds. The van der Waals surface area contributed by atoms with Gasteiger partial charge in [0, 0.05) is 7.05 Å². The monoisotopic (exact) mass is 254 g/mol. The van der Waals surface area contributed by atoms with E-state index in [1.165, 1.54) is 7.11 Å². The van der Waals surface area contributed by atoms with Crippen molar-refractivity contribution in [2.75, 3.05) is 7.11 Å². The van der Waals surface area contributed by atoms with Crippen LogP contribution in [0.15, 0.2) is 0 Å². The summed E-state index contributed by atoms with van der Waals surface area (Å²) >= 11 is 5.20. The number of esters is 1. The Morgan fingerprint density at radius 3 is 2.88 bits per heavy atom. The molecular formula is C10H14N4O2S. The highest BCUT2D eigenvalue weighted by molar-refractivity contribution is 7.71. The van der Waals surface area contributed by atoms with E-state index in [-0.39, 0.29) is 12.5 Å². The van der Waals surface area contributed by atoms with E-state index in [4.69, 9.17) is 12.2 Å². The molecule has 1 N–H and O–H groups in total. The van der Waals surface area contributed by atoms with Gasteiger partial charge in [-0.05, 0) is 18.6 Å². The van der Waals surface area contributed by atoms with Gasteiger partial charge in [0.15, 0.2) is 10.4 Å². The molecule has 17 heavy (non-hydrogen) atoms. The van der Waals surface area contributed by atoms with E-state index in [9.17, 15) is 4.79 Å². The average Bonchev–Trinajstić information content (AvgIpc) is 2.78. The predicted octanol–water partition coefficient (Wildman–Crippen LogP) is 1.17. The normalized spacial score (nSPS) is 11.0. The molecule has 2 rings (SSSR count). The van der Waals surface area contributed by atoms with Crippen molar-refractivity contribution in [2.24, 2.45) is 7.05 Å². The fourth-order valence-corrected chi connectivity index (χ4v) is 2.12. The van der Waals surface area contributed by atoms with E-state index < -0.39 is 0 Å². The molecule has 0 fully saturated rings. The third-order valence-electron chi connectivity index (χ3n) is 2.67. The molecule has 0 atom stereocenters. The quantitative estimate of drug-likeness (QED) is 0.659. The second kappa shape index (κ2) is 4.33. The number of hydrogen-bond acceptors (Lipinski definition) is 4. The number of aromatic nitrogens is 4. The maximum absolute atomic E-state index is 11.3. The summed E-state index contributed by atoms with van der Waals surface area (Å²) in [6.45, 7) is 2.12. The fraction of sp³-hybridized carbons (Fsp3) is 0.500. The van der Waals surface area contributed by atoms with Crippen LogP contribution in [-0.2, 0) is 29.5 Å². The van der Waals surface area contributed by atoms with Crippen molar-refractivity contribution in [1.82, 2.24) is 19.3 Å². The summed E-state index contributed by atoms with van der Waals surface area (Å²) < 4.78 is 8.58. The molecule has 0 spiro atoms. The smallest absolute Gasteiger partial charge is 0.325 e. The second-order valence-electron chi connectivity index (χ2n) is 3.71. The molecule has 0 aliphatic rings. The lowest BCUT2D eigenvalue weighted by Gasteiger charge is -2.02. The molecule has 0 aromatic carbocycles. The highest BCUT2D eigenvalue weighted by Gasteiger charge is 2.16. The molecule has 0 saturated carbocycles. The lowest BCUT2D eigenvalue weighted by Crippen LogP contribution is -2.13. The standard InChI is InChI=1S/C10H14N4O2S/c1-4-6-8-9(13(2)12-6)14(10(17)11-8)5-7(15)16-3/h4-5H2,1-3H3,(H,11,17). The molecule has 0 radical (unpaired) electrons. The van der Waals surface area contributed by atoms with Crippen LogP contribution in [0.4, 0.5) is 0 Å². The van der Waals surface area contributed by atoms with Crippen LogP contribution in [0.1, 0.15) is 12.6 Å². The maximum atomic E-state index is 11.3. The molecule has 0 aliphatic carbocycles. The molecule has 2 heterocycles. The van der Waals surface area contributed by atoms with E-state index in [1.54, 1.807) is 9.25 Å². The first-order valence-corrected chi connectivity index (χ1v) is 5.70. The van der Waals surface area contributed by atoms with Gasteiger partial charge in [0.05, 0.1) is 12.8 Å². The molecule has 0 aliphatic heterocycles. The Morgan fingerprint density at radius 2 is 2.29 bits per heavy atom. The Morgan fingerprint density at radius 1 is 1.59 bits per heavy atom. The zero-order valence-corrected chi connectivity index (χ0v) is 10.8. The molecule has 7 heteroatoms. The molecule has 2 aromatic rings. The fourth-order valence-electron chi connectivity index (χ4n) is 1.87. The number of fused-ring (bicyclic) bond motifs is 1. The van der Waals surface area contributed by atoms with E-state index in [1.807, 2.05) is 14.0 Å². The molecule has 92 valence electrons. The van der Waals surface area contributed by atoms with Crippen molar-refractivity contribution < 1.29 is 9.53 Å². The third kappa shape index (κ3) is 1.86. The van der Waals surface area contributed by atoms with Crippen LogP contribution in [0.3, 0.4) is 0 Å². The van der Waals surface area contributed by atoms with Crippen LogP contribution in [0.5, 0.6) is 0 Å². The Kier molecular flexibility index (Phi) is 3.01. The first kappa shape index (κ1) is 11.8. The molecule has 0 bridgehead atoms. The van der Waals surface area contributed by atoms with E-state index in [0.717, 1.165) is 23.3 Å². The van der Waals surface area contributed by atoms with Gasteiger partial charge in [-0.2, -0.15) is 5.10 Å². The molecule has 0 unspecified atom stereocenters. The van der Waals surface area contributed by atoms with Gasteiger partial charge in [0.1, 0.15) is 12.1 Å². The number of nitrogens with zero attached hydrogens (tertiary/aromatic N) is 3. The van der Waals surface area contributed by atoms with Gasteiger partial charge in [-0.1, -0.05) is 6.92 Å². The van der Waals surface area contributed by atoms with Gasteiger partial charge in [0.25, 0.3) is 0 Å². The first-order chi connectivity index (χ1) is 8.08. The summed E-state index contributed by atoms with van der Waals surface area (Å²) in [6.07, 6.45) is 0.810. The molecule has 2 aromatic heterocycles. The lowest BCUT2D eigenvalue weighted by atomic mass is 10.3. The van der Waals surface area contributed by atoms with Crippen molar-refractivity contribution in [1.29, 1.82) is 0 Å². The van der Waals surface area contributed by atoms with Crippen LogP contribution in [0.2, 0.25) is 0 Å². The third-order valence-corrected chi connectivity index (χ3v) is 2.99. The Labute approximate surface area is 103 Å². The number of hydrogen-bond donors (Lipinski definition) is 1. The van der Waals surface area contributed by atoms with Gasteiger partial charge in [-0.15, -0.1) is 0 Å². The van der Waals surface area contributed by atoms with Gasteiger partial charge in [-0.3, -0.25) is 14.0 Å². The minimum atomic E-state index is -0.332. The molecule has 0 saturated heterocycles. The Balaban J connectivity index is 2.62. The van der Waals surface area contributed by atoms with E-state index in [2.05, 4.69) is 14.8 Å². The SMILES string of the molecule is CCc1nn(C)c2c1[nH]c(=S)n2CC(=O)OC. The van der Waals surface area contributed by atoms with Crippen LogP contribution in [0, 0.1) is 4.77 Å². The molecular weight excluding hydrogens is 240 g/mol. The summed E-state index contributed by atoms with van der Waals surface area (Å²) in [5.74, 6) is -0.332. The number of carbonyl (C=O) groups excluding carboxylic acids is 1. The number of H-pyrrole nitrogens is 1. The zero-order valence-electron chi connectivity index (χ0n) is 9.98. The maximum Gasteiger partial charge on any atom is 0.325 e. The number of rotatable bonds is 3. The topological polar surface area (TPSA) is 64.8 Å². The Bertz CT molecular complexity index is 622. The van der Waals surface area contributed by atoms with Crippen molar-refractivity contribution in [2.45, 2.75) is 19.9 Å². The van der Waals surface area contributed by atoms with Crippen molar-refractivity contribution in [3.8, 4) is 0 Å². The number of imidazole rings is 1. The van der Waals surface area contributed by atoms with Crippen LogP contribution in [0.25, 0.3) is 11.2 Å². The lowest BCUT2D eigenvalue weighted by molar-refractivity contribution is -0.141. The summed E-state index contributed by atoms with van der Waals surface area (Å²) in [7, 11) is 3.19. The van der Waals surface area contributed by atoms with Gasteiger partial charge >= 0.3 is 5.97 Å². The largest absolute Gasteiger partial charge is 0.468 e. The van der Waals surface area contributed by atoms with Gasteiger partial charge < -0.3 is 9.72 Å². The average molecular weight is 254 g/mol. The van der Waals surface area contributed by atoms with E-state index in [0.29, 0.717) is 4.77 Å². The number of aryl methyl sites for hydroxylation is 2. The summed E-state index contributed by atoms with van der Waals surface area (Å²) in [6, 6.07) is 0. The van der Waals surface area contributed by atoms with Crippen LogP contribution >= 0.6 is 12.2 Å². The number of ether oxygens (including phenoxy) is 1. The first-order valence-electron chi connectivity index (χ1n) is 5.29.